The normalized spacial score (nSPS) is 16.9. The van der Waals surface area contributed by atoms with Crippen molar-refractivity contribution in [3.05, 3.63) is 41.2 Å². The Balaban J connectivity index is 0.00000144. The van der Waals surface area contributed by atoms with Gasteiger partial charge in [-0.15, -0.1) is 36.2 Å². The number of halogens is 3. The highest BCUT2D eigenvalue weighted by Gasteiger charge is 2.23. The maximum atomic E-state index is 13.3. The summed E-state index contributed by atoms with van der Waals surface area (Å²) in [7, 11) is 0. The zero-order chi connectivity index (χ0) is 15.5. The van der Waals surface area contributed by atoms with Gasteiger partial charge in [-0.3, -0.25) is 4.79 Å². The lowest BCUT2D eigenvalue weighted by Crippen LogP contribution is -2.52. The summed E-state index contributed by atoms with van der Waals surface area (Å²) < 4.78 is 13.3. The Morgan fingerprint density at radius 2 is 2.25 bits per heavy atom. The van der Waals surface area contributed by atoms with Gasteiger partial charge in [0.05, 0.1) is 12.1 Å². The summed E-state index contributed by atoms with van der Waals surface area (Å²) >= 11 is 1.44. The molecule has 3 rings (SSSR count). The summed E-state index contributed by atoms with van der Waals surface area (Å²) in [6.07, 6.45) is 0.302. The first kappa shape index (κ1) is 20.8. The van der Waals surface area contributed by atoms with Crippen molar-refractivity contribution in [3.63, 3.8) is 0 Å². The van der Waals surface area contributed by atoms with Gasteiger partial charge in [0.1, 0.15) is 10.8 Å². The molecular weight excluding hydrogens is 372 g/mol. The zero-order valence-electron chi connectivity index (χ0n) is 13.2. The molecule has 0 spiro atoms. The predicted molar refractivity (Wildman–Crippen MR) is 99.8 cm³/mol. The van der Waals surface area contributed by atoms with Crippen molar-refractivity contribution in [1.82, 2.24) is 15.2 Å². The van der Waals surface area contributed by atoms with Crippen LogP contribution >= 0.6 is 36.2 Å². The smallest absolute Gasteiger partial charge is 0.228 e. The summed E-state index contributed by atoms with van der Waals surface area (Å²) in [6.45, 7) is 4.45. The Morgan fingerprint density at radius 3 is 2.96 bits per heavy atom. The van der Waals surface area contributed by atoms with Crippen LogP contribution in [0.3, 0.4) is 0 Å². The van der Waals surface area contributed by atoms with Crippen LogP contribution < -0.4 is 5.32 Å². The second-order valence-corrected chi connectivity index (χ2v) is 6.33. The van der Waals surface area contributed by atoms with Crippen LogP contribution in [0.15, 0.2) is 29.6 Å². The minimum Gasteiger partial charge on any atom is -0.337 e. The lowest BCUT2D eigenvalue weighted by atomic mass is 10.2. The maximum Gasteiger partial charge on any atom is 0.228 e. The fourth-order valence-corrected chi connectivity index (χ4v) is 3.43. The summed E-state index contributed by atoms with van der Waals surface area (Å²) in [6, 6.07) is 6.57. The first-order chi connectivity index (χ1) is 10.6. The van der Waals surface area contributed by atoms with Crippen molar-refractivity contribution in [2.24, 2.45) is 0 Å². The molecule has 2 heterocycles. The highest BCUT2D eigenvalue weighted by molar-refractivity contribution is 7.13. The van der Waals surface area contributed by atoms with E-state index in [9.17, 15) is 9.18 Å². The minimum atomic E-state index is -0.278. The van der Waals surface area contributed by atoms with Crippen LogP contribution in [0.25, 0.3) is 10.6 Å². The molecule has 0 saturated carbocycles. The van der Waals surface area contributed by atoms with E-state index in [1.54, 1.807) is 6.07 Å². The molecule has 4 nitrogen and oxygen atoms in total. The standard InChI is InChI=1S/C16H18FN3OS.2ClH/c1-11-9-18-5-6-20(11)15(21)8-14-10-22-16(19-14)12-3-2-4-13(17)7-12;;/h2-4,7,10-11,18H,5-6,8-9H2,1H3;2*1H/t11-;;/m0../s1. The van der Waals surface area contributed by atoms with E-state index in [1.807, 2.05) is 23.3 Å². The third kappa shape index (κ3) is 4.89. The van der Waals surface area contributed by atoms with Crippen molar-refractivity contribution >= 4 is 42.1 Å². The Morgan fingerprint density at radius 1 is 1.46 bits per heavy atom. The molecule has 1 aliphatic rings. The predicted octanol–water partition coefficient (Wildman–Crippen LogP) is 3.16. The number of hydrogen-bond donors (Lipinski definition) is 1. The van der Waals surface area contributed by atoms with E-state index in [1.165, 1.54) is 23.5 Å². The molecule has 24 heavy (non-hydrogen) atoms. The number of carbonyl (C=O) groups excluding carboxylic acids is 1. The van der Waals surface area contributed by atoms with Crippen molar-refractivity contribution in [2.75, 3.05) is 19.6 Å². The van der Waals surface area contributed by atoms with Gasteiger partial charge in [0.2, 0.25) is 5.91 Å². The number of amides is 1. The van der Waals surface area contributed by atoms with Crippen LogP contribution in [-0.2, 0) is 11.2 Å². The molecule has 0 unspecified atom stereocenters. The van der Waals surface area contributed by atoms with Gasteiger partial charge in [-0.1, -0.05) is 12.1 Å². The zero-order valence-corrected chi connectivity index (χ0v) is 15.6. The largest absolute Gasteiger partial charge is 0.337 e. The molecule has 1 atom stereocenters. The summed E-state index contributed by atoms with van der Waals surface area (Å²) in [5.74, 6) is -0.176. The number of hydrogen-bond acceptors (Lipinski definition) is 4. The molecule has 0 bridgehead atoms. The van der Waals surface area contributed by atoms with E-state index in [2.05, 4.69) is 10.3 Å². The molecule has 1 fully saturated rings. The second-order valence-electron chi connectivity index (χ2n) is 5.47. The van der Waals surface area contributed by atoms with Gasteiger partial charge in [-0.25, -0.2) is 9.37 Å². The average Bonchev–Trinajstić information content (AvgIpc) is 2.96. The van der Waals surface area contributed by atoms with Gasteiger partial charge >= 0.3 is 0 Å². The molecule has 1 aromatic heterocycles. The molecular formula is C16H20Cl2FN3OS. The first-order valence-electron chi connectivity index (χ1n) is 7.34. The summed E-state index contributed by atoms with van der Waals surface area (Å²) in [4.78, 5) is 18.8. The Bertz CT molecular complexity index is 683. The average molecular weight is 392 g/mol. The van der Waals surface area contributed by atoms with Crippen molar-refractivity contribution in [2.45, 2.75) is 19.4 Å². The monoisotopic (exact) mass is 391 g/mol. The van der Waals surface area contributed by atoms with Crippen LogP contribution in [0.1, 0.15) is 12.6 Å². The number of carbonyl (C=O) groups is 1. The SMILES string of the molecule is C[C@H]1CNCCN1C(=O)Cc1csc(-c2cccc(F)c2)n1.Cl.Cl. The van der Waals surface area contributed by atoms with Crippen LogP contribution in [0, 0.1) is 5.82 Å². The number of nitrogens with one attached hydrogen (secondary N) is 1. The number of aromatic nitrogens is 1. The van der Waals surface area contributed by atoms with E-state index in [4.69, 9.17) is 0 Å². The molecule has 1 aromatic carbocycles. The molecule has 0 aliphatic carbocycles. The molecule has 1 saturated heterocycles. The third-order valence-electron chi connectivity index (χ3n) is 3.78. The minimum absolute atomic E-state index is 0. The molecule has 132 valence electrons. The molecule has 8 heteroatoms. The summed E-state index contributed by atoms with van der Waals surface area (Å²) in [5, 5.41) is 5.90. The number of rotatable bonds is 3. The third-order valence-corrected chi connectivity index (χ3v) is 4.72. The lowest BCUT2D eigenvalue weighted by Gasteiger charge is -2.33. The maximum absolute atomic E-state index is 13.3. The molecule has 0 radical (unpaired) electrons. The number of thiazole rings is 1. The van der Waals surface area contributed by atoms with Crippen LogP contribution in [-0.4, -0.2) is 41.5 Å². The van der Waals surface area contributed by atoms with Gasteiger partial charge in [-0.2, -0.15) is 0 Å². The Labute approximate surface area is 157 Å². The van der Waals surface area contributed by atoms with Crippen molar-refractivity contribution in [3.8, 4) is 10.6 Å². The van der Waals surface area contributed by atoms with Gasteiger partial charge in [-0.05, 0) is 19.1 Å². The molecule has 1 amide bonds. The van der Waals surface area contributed by atoms with E-state index in [0.717, 1.165) is 35.9 Å². The van der Waals surface area contributed by atoms with E-state index in [-0.39, 0.29) is 42.6 Å². The van der Waals surface area contributed by atoms with E-state index in [0.29, 0.717) is 6.42 Å². The summed E-state index contributed by atoms with van der Waals surface area (Å²) in [5.41, 5.74) is 1.50. The van der Waals surface area contributed by atoms with Gasteiger partial charge in [0, 0.05) is 36.6 Å². The first-order valence-corrected chi connectivity index (χ1v) is 8.22. The highest BCUT2D eigenvalue weighted by atomic mass is 35.5. The van der Waals surface area contributed by atoms with E-state index < -0.39 is 0 Å². The van der Waals surface area contributed by atoms with Gasteiger partial charge in [0.15, 0.2) is 0 Å². The number of benzene rings is 1. The van der Waals surface area contributed by atoms with Crippen molar-refractivity contribution in [1.29, 1.82) is 0 Å². The van der Waals surface area contributed by atoms with Gasteiger partial charge in [0.25, 0.3) is 0 Å². The second kappa shape index (κ2) is 9.32. The Hall–Kier alpha value is -1.21. The number of nitrogens with zero attached hydrogens (tertiary/aromatic N) is 2. The van der Waals surface area contributed by atoms with Crippen LogP contribution in [0.2, 0.25) is 0 Å². The Kier molecular flexibility index (Phi) is 8.09. The van der Waals surface area contributed by atoms with Gasteiger partial charge < -0.3 is 10.2 Å². The van der Waals surface area contributed by atoms with Crippen molar-refractivity contribution < 1.29 is 9.18 Å². The molecule has 1 aliphatic heterocycles. The van der Waals surface area contributed by atoms with Crippen LogP contribution in [0.5, 0.6) is 0 Å². The highest BCUT2D eigenvalue weighted by Crippen LogP contribution is 2.24. The lowest BCUT2D eigenvalue weighted by molar-refractivity contribution is -0.133. The quantitative estimate of drug-likeness (QED) is 0.873. The number of piperazine rings is 1. The topological polar surface area (TPSA) is 45.2 Å². The fourth-order valence-electron chi connectivity index (χ4n) is 2.61. The van der Waals surface area contributed by atoms with Crippen LogP contribution in [0.4, 0.5) is 4.39 Å². The molecule has 1 N–H and O–H groups in total. The van der Waals surface area contributed by atoms with E-state index >= 15 is 0 Å². The molecule has 2 aromatic rings. The fraction of sp³-hybridized carbons (Fsp3) is 0.375.